The minimum absolute atomic E-state index is 0.0700. The van der Waals surface area contributed by atoms with Gasteiger partial charge in [0, 0.05) is 19.4 Å². The summed E-state index contributed by atoms with van der Waals surface area (Å²) in [5.41, 5.74) is -1.73. The lowest BCUT2D eigenvalue weighted by atomic mass is 9.74. The van der Waals surface area contributed by atoms with E-state index < -0.39 is 17.1 Å². The van der Waals surface area contributed by atoms with Crippen LogP contribution >= 0.6 is 0 Å². The molecular weight excluding hydrogens is 300 g/mol. The predicted octanol–water partition coefficient (Wildman–Crippen LogP) is 1.46. The Morgan fingerprint density at radius 1 is 1.43 bits per heavy atom. The zero-order valence-electron chi connectivity index (χ0n) is 13.9. The van der Waals surface area contributed by atoms with Crippen LogP contribution in [-0.2, 0) is 25.4 Å². The Morgan fingerprint density at radius 2 is 2.17 bits per heavy atom. The van der Waals surface area contributed by atoms with Crippen LogP contribution < -0.4 is 0 Å². The van der Waals surface area contributed by atoms with E-state index in [1.807, 2.05) is 20.8 Å². The number of ether oxygens (including phenoxy) is 2. The highest BCUT2D eigenvalue weighted by Gasteiger charge is 2.55. The number of aromatic nitrogens is 4. The zero-order chi connectivity index (χ0) is 16.7. The summed E-state index contributed by atoms with van der Waals surface area (Å²) in [6, 6.07) is 0. The van der Waals surface area contributed by atoms with Crippen molar-refractivity contribution in [1.29, 1.82) is 0 Å². The van der Waals surface area contributed by atoms with Crippen LogP contribution in [0, 0.1) is 0 Å². The molecule has 0 amide bonds. The second-order valence-electron chi connectivity index (χ2n) is 6.99. The number of hydrogen-bond acceptors (Lipinski definition) is 6. The second kappa shape index (κ2) is 5.83. The van der Waals surface area contributed by atoms with Gasteiger partial charge in [-0.05, 0) is 45.2 Å². The maximum absolute atomic E-state index is 11.8. The Balaban J connectivity index is 1.79. The van der Waals surface area contributed by atoms with Crippen molar-refractivity contribution in [3.63, 3.8) is 0 Å². The number of carboxylic acid groups (broad SMARTS) is 1. The third kappa shape index (κ3) is 2.85. The number of carbonyl (C=O) groups is 1. The van der Waals surface area contributed by atoms with E-state index >= 15 is 0 Å². The minimum Gasteiger partial charge on any atom is -0.479 e. The molecule has 0 aromatic carbocycles. The van der Waals surface area contributed by atoms with Crippen LogP contribution in [0.25, 0.3) is 0 Å². The van der Waals surface area contributed by atoms with E-state index in [4.69, 9.17) is 9.47 Å². The van der Waals surface area contributed by atoms with Gasteiger partial charge in [0.2, 0.25) is 5.82 Å². The third-order valence-corrected chi connectivity index (χ3v) is 4.73. The van der Waals surface area contributed by atoms with Gasteiger partial charge in [0.1, 0.15) is 5.60 Å². The number of nitrogens with zero attached hydrogens (tertiary/aromatic N) is 4. The van der Waals surface area contributed by atoms with Gasteiger partial charge in [0.05, 0.1) is 12.2 Å². The Hall–Kier alpha value is -1.54. The van der Waals surface area contributed by atoms with Crippen LogP contribution in [0.3, 0.4) is 0 Å². The molecule has 1 aromatic heterocycles. The van der Waals surface area contributed by atoms with Gasteiger partial charge < -0.3 is 14.6 Å². The monoisotopic (exact) mass is 324 g/mol. The summed E-state index contributed by atoms with van der Waals surface area (Å²) in [5, 5.41) is 22.1. The molecule has 1 N–H and O–H groups in total. The van der Waals surface area contributed by atoms with Gasteiger partial charge in [-0.15, -0.1) is 15.0 Å². The molecule has 8 nitrogen and oxygen atoms in total. The second-order valence-corrected chi connectivity index (χ2v) is 6.99. The normalized spacial score (nSPS) is 34.3. The molecule has 0 radical (unpaired) electrons. The number of hydrogen-bond donors (Lipinski definition) is 1. The lowest BCUT2D eigenvalue weighted by Crippen LogP contribution is -2.57. The average Bonchev–Trinajstić information content (AvgIpc) is 2.93. The van der Waals surface area contributed by atoms with Crippen LogP contribution in [0.1, 0.15) is 58.7 Å². The van der Waals surface area contributed by atoms with Crippen molar-refractivity contribution in [2.45, 2.75) is 76.2 Å². The Labute approximate surface area is 135 Å². The third-order valence-electron chi connectivity index (χ3n) is 4.73. The van der Waals surface area contributed by atoms with Gasteiger partial charge >= 0.3 is 5.97 Å². The van der Waals surface area contributed by atoms with Crippen LogP contribution in [0.2, 0.25) is 0 Å². The molecule has 23 heavy (non-hydrogen) atoms. The van der Waals surface area contributed by atoms with E-state index in [2.05, 4.69) is 15.4 Å². The maximum atomic E-state index is 11.8. The van der Waals surface area contributed by atoms with E-state index in [1.54, 1.807) is 0 Å². The van der Waals surface area contributed by atoms with E-state index in [-0.39, 0.29) is 12.2 Å². The first-order valence-corrected chi connectivity index (χ1v) is 8.19. The molecule has 8 heteroatoms. The smallest absolute Gasteiger partial charge is 0.333 e. The van der Waals surface area contributed by atoms with Crippen molar-refractivity contribution in [2.24, 2.45) is 0 Å². The summed E-state index contributed by atoms with van der Waals surface area (Å²) >= 11 is 0. The van der Waals surface area contributed by atoms with Crippen molar-refractivity contribution in [1.82, 2.24) is 20.2 Å². The molecule has 0 bridgehead atoms. The minimum atomic E-state index is -1.16. The number of tetrazole rings is 1. The first kappa shape index (κ1) is 16.3. The fourth-order valence-electron chi connectivity index (χ4n) is 3.32. The van der Waals surface area contributed by atoms with Crippen LogP contribution in [0.5, 0.6) is 0 Å². The van der Waals surface area contributed by atoms with Crippen molar-refractivity contribution in [3.05, 3.63) is 5.82 Å². The summed E-state index contributed by atoms with van der Waals surface area (Å²) in [6.07, 6.45) is 3.58. The summed E-state index contributed by atoms with van der Waals surface area (Å²) < 4.78 is 11.5. The molecule has 1 unspecified atom stereocenters. The average molecular weight is 324 g/mol. The summed E-state index contributed by atoms with van der Waals surface area (Å²) in [4.78, 5) is 13.0. The molecule has 2 fully saturated rings. The van der Waals surface area contributed by atoms with Crippen molar-refractivity contribution >= 4 is 5.97 Å². The standard InChI is InChI=1S/C15H24N4O4/c1-10(2)23-11-8-15(9-11,13(20)21)19-17-12(16-18-19)14(3)6-4-5-7-22-14/h10-11H,4-9H2,1-3H3,(H,20,21). The quantitative estimate of drug-likeness (QED) is 0.875. The Kier molecular flexibility index (Phi) is 4.14. The van der Waals surface area contributed by atoms with Crippen molar-refractivity contribution in [3.8, 4) is 0 Å². The molecule has 1 saturated carbocycles. The first-order valence-electron chi connectivity index (χ1n) is 8.19. The molecule has 3 rings (SSSR count). The largest absolute Gasteiger partial charge is 0.479 e. The molecule has 128 valence electrons. The maximum Gasteiger partial charge on any atom is 0.333 e. The van der Waals surface area contributed by atoms with Gasteiger partial charge in [-0.25, -0.2) is 4.79 Å². The lowest BCUT2D eigenvalue weighted by molar-refractivity contribution is -0.170. The fourth-order valence-corrected chi connectivity index (χ4v) is 3.32. The molecule has 1 atom stereocenters. The van der Waals surface area contributed by atoms with Gasteiger partial charge in [0.15, 0.2) is 5.54 Å². The molecule has 1 aromatic rings. The van der Waals surface area contributed by atoms with Crippen LogP contribution in [0.15, 0.2) is 0 Å². The molecule has 1 aliphatic carbocycles. The summed E-state index contributed by atoms with van der Waals surface area (Å²) in [7, 11) is 0. The highest BCUT2D eigenvalue weighted by Crippen LogP contribution is 2.41. The van der Waals surface area contributed by atoms with Gasteiger partial charge in [-0.3, -0.25) is 0 Å². The summed E-state index contributed by atoms with van der Waals surface area (Å²) in [6.45, 7) is 6.48. The highest BCUT2D eigenvalue weighted by molar-refractivity contribution is 5.78. The SMILES string of the molecule is CC(C)OC1CC(C(=O)O)(n2nnc(C3(C)CCCCO3)n2)C1. The number of carboxylic acids is 1. The van der Waals surface area contributed by atoms with E-state index in [9.17, 15) is 9.90 Å². The van der Waals surface area contributed by atoms with Crippen molar-refractivity contribution in [2.75, 3.05) is 6.61 Å². The molecular formula is C15H24N4O4. The Bertz CT molecular complexity index is 574. The Morgan fingerprint density at radius 3 is 2.74 bits per heavy atom. The van der Waals surface area contributed by atoms with E-state index in [1.165, 1.54) is 4.80 Å². The van der Waals surface area contributed by atoms with Crippen LogP contribution in [-0.4, -0.2) is 50.1 Å². The molecule has 2 heterocycles. The number of rotatable bonds is 5. The molecule has 2 aliphatic rings. The topological polar surface area (TPSA) is 99.4 Å². The van der Waals surface area contributed by atoms with Gasteiger partial charge in [0.25, 0.3) is 0 Å². The highest BCUT2D eigenvalue weighted by atomic mass is 16.5. The predicted molar refractivity (Wildman–Crippen MR) is 79.8 cm³/mol. The van der Waals surface area contributed by atoms with Gasteiger partial charge in [-0.2, -0.15) is 0 Å². The molecule has 1 saturated heterocycles. The summed E-state index contributed by atoms with van der Waals surface area (Å²) in [5.74, 6) is -0.481. The fraction of sp³-hybridized carbons (Fsp3) is 0.867. The lowest BCUT2D eigenvalue weighted by Gasteiger charge is -2.43. The van der Waals surface area contributed by atoms with E-state index in [0.717, 1.165) is 19.3 Å². The van der Waals surface area contributed by atoms with Crippen LogP contribution in [0.4, 0.5) is 0 Å². The van der Waals surface area contributed by atoms with E-state index in [0.29, 0.717) is 25.3 Å². The zero-order valence-corrected chi connectivity index (χ0v) is 13.9. The molecule has 0 spiro atoms. The molecule has 1 aliphatic heterocycles. The first-order chi connectivity index (χ1) is 10.9. The number of aliphatic carboxylic acids is 1. The van der Waals surface area contributed by atoms with Crippen molar-refractivity contribution < 1.29 is 19.4 Å². The van der Waals surface area contributed by atoms with Gasteiger partial charge in [-0.1, -0.05) is 0 Å².